The lowest BCUT2D eigenvalue weighted by molar-refractivity contribution is -0.0251. The molecule has 3 nitrogen and oxygen atoms in total. The van der Waals surface area contributed by atoms with Crippen LogP contribution >= 0.6 is 11.3 Å². The molecule has 1 unspecified atom stereocenters. The summed E-state index contributed by atoms with van der Waals surface area (Å²) in [5.41, 5.74) is 6.19. The summed E-state index contributed by atoms with van der Waals surface area (Å²) < 4.78 is 0. The van der Waals surface area contributed by atoms with Crippen LogP contribution in [0.4, 0.5) is 0 Å². The number of hydrogen-bond donors (Lipinski definition) is 1. The van der Waals surface area contributed by atoms with Gasteiger partial charge in [0.2, 0.25) is 0 Å². The zero-order valence-electron chi connectivity index (χ0n) is 10.6. The lowest BCUT2D eigenvalue weighted by Crippen LogP contribution is -2.51. The van der Waals surface area contributed by atoms with Crippen LogP contribution in [0.3, 0.4) is 0 Å². The molecule has 0 saturated carbocycles. The first-order valence-corrected chi connectivity index (χ1v) is 7.63. The summed E-state index contributed by atoms with van der Waals surface area (Å²) in [5, 5.41) is 9.48. The van der Waals surface area contributed by atoms with E-state index < -0.39 is 0 Å². The Morgan fingerprint density at radius 3 is 2.95 bits per heavy atom. The minimum Gasteiger partial charge on any atom is -0.390 e. The van der Waals surface area contributed by atoms with Gasteiger partial charge in [0.05, 0.1) is 16.5 Å². The fraction of sp³-hybridized carbons (Fsp3) is 0.400. The van der Waals surface area contributed by atoms with Crippen molar-refractivity contribution < 1.29 is 5.11 Å². The average Bonchev–Trinajstić information content (AvgIpc) is 3.04. The summed E-state index contributed by atoms with van der Waals surface area (Å²) in [6.07, 6.45) is 4.16. The van der Waals surface area contributed by atoms with Crippen LogP contribution in [-0.4, -0.2) is 34.2 Å². The van der Waals surface area contributed by atoms with E-state index in [1.54, 1.807) is 11.3 Å². The van der Waals surface area contributed by atoms with Crippen molar-refractivity contribution in [3.63, 3.8) is 0 Å². The Hall–Kier alpha value is -1.23. The summed E-state index contributed by atoms with van der Waals surface area (Å²) in [6, 6.07) is 7.12. The number of rotatable bonds is 2. The van der Waals surface area contributed by atoms with E-state index in [2.05, 4.69) is 28.1 Å². The molecule has 1 aliphatic heterocycles. The summed E-state index contributed by atoms with van der Waals surface area (Å²) >= 11 is 1.71. The maximum absolute atomic E-state index is 9.48. The number of β-amino-alcohol motifs (C(OH)–C–C–N with tert-alkyl or cyclic N) is 1. The fourth-order valence-electron chi connectivity index (χ4n) is 3.33. The number of hydrogen-bond acceptors (Lipinski definition) is 4. The van der Waals surface area contributed by atoms with Gasteiger partial charge in [0.1, 0.15) is 0 Å². The zero-order chi connectivity index (χ0) is 12.8. The Bertz CT molecular complexity index is 590. The zero-order valence-corrected chi connectivity index (χ0v) is 11.4. The molecule has 0 bridgehead atoms. The first-order chi connectivity index (χ1) is 9.33. The quantitative estimate of drug-likeness (QED) is 0.912. The van der Waals surface area contributed by atoms with Crippen LogP contribution in [0.15, 0.2) is 29.9 Å². The first-order valence-electron chi connectivity index (χ1n) is 6.75. The van der Waals surface area contributed by atoms with Crippen molar-refractivity contribution in [2.24, 2.45) is 0 Å². The molecule has 2 heterocycles. The molecule has 1 atom stereocenters. The van der Waals surface area contributed by atoms with E-state index in [-0.39, 0.29) is 6.10 Å². The molecular formula is C15H16N2OS. The maximum Gasteiger partial charge on any atom is 0.0797 e. The molecule has 4 heteroatoms. The second-order valence-electron chi connectivity index (χ2n) is 5.40. The van der Waals surface area contributed by atoms with Crippen molar-refractivity contribution in [3.05, 3.63) is 41.0 Å². The molecule has 0 amide bonds. The molecule has 1 aromatic heterocycles. The molecule has 1 aliphatic carbocycles. The van der Waals surface area contributed by atoms with E-state index in [1.807, 2.05) is 11.7 Å². The van der Waals surface area contributed by atoms with E-state index in [0.29, 0.717) is 6.04 Å². The van der Waals surface area contributed by atoms with Crippen LogP contribution in [0.5, 0.6) is 0 Å². The third-order valence-corrected chi connectivity index (χ3v) is 5.07. The SMILES string of the molecule is OC1CN(C2CCc3c(-c4cncs4)cccc32)C1. The van der Waals surface area contributed by atoms with Crippen molar-refractivity contribution >= 4 is 11.3 Å². The number of likely N-dealkylation sites (tertiary alicyclic amines) is 1. The lowest BCUT2D eigenvalue weighted by atomic mass is 9.99. The monoisotopic (exact) mass is 272 g/mol. The molecule has 4 rings (SSSR count). The van der Waals surface area contributed by atoms with Gasteiger partial charge in [0.25, 0.3) is 0 Å². The van der Waals surface area contributed by atoms with Crippen LogP contribution in [0.2, 0.25) is 0 Å². The molecule has 0 spiro atoms. The standard InChI is InChI=1S/C15H16N2OS/c18-10-7-17(8-10)14-5-4-11-12(14)2-1-3-13(11)15-6-16-9-19-15/h1-3,6,9-10,14,18H,4-5,7-8H2. The fourth-order valence-corrected chi connectivity index (χ4v) is 4.01. The van der Waals surface area contributed by atoms with Gasteiger partial charge in [-0.2, -0.15) is 0 Å². The third-order valence-electron chi connectivity index (χ3n) is 4.27. The third kappa shape index (κ3) is 1.83. The van der Waals surface area contributed by atoms with Crippen molar-refractivity contribution in [3.8, 4) is 10.4 Å². The van der Waals surface area contributed by atoms with Gasteiger partial charge in [-0.25, -0.2) is 0 Å². The molecule has 0 radical (unpaired) electrons. The number of fused-ring (bicyclic) bond motifs is 1. The molecule has 1 aromatic carbocycles. The summed E-state index contributed by atoms with van der Waals surface area (Å²) in [6.45, 7) is 1.66. The normalized spacial score (nSPS) is 23.3. The number of thiazole rings is 1. The number of aliphatic hydroxyl groups is 1. The number of aliphatic hydroxyl groups excluding tert-OH is 1. The van der Waals surface area contributed by atoms with Gasteiger partial charge in [0, 0.05) is 25.3 Å². The summed E-state index contributed by atoms with van der Waals surface area (Å²) in [7, 11) is 0. The second-order valence-corrected chi connectivity index (χ2v) is 6.29. The average molecular weight is 272 g/mol. The van der Waals surface area contributed by atoms with Crippen molar-refractivity contribution in [2.45, 2.75) is 25.0 Å². The van der Waals surface area contributed by atoms with Gasteiger partial charge in [-0.3, -0.25) is 9.88 Å². The van der Waals surface area contributed by atoms with Crippen LogP contribution < -0.4 is 0 Å². The van der Waals surface area contributed by atoms with Crippen LogP contribution in [0, 0.1) is 0 Å². The van der Waals surface area contributed by atoms with E-state index in [1.165, 1.54) is 28.0 Å². The Morgan fingerprint density at radius 2 is 2.21 bits per heavy atom. The minimum atomic E-state index is -0.117. The number of benzene rings is 1. The Kier molecular flexibility index (Phi) is 2.69. The van der Waals surface area contributed by atoms with E-state index in [9.17, 15) is 5.11 Å². The Balaban J connectivity index is 1.71. The smallest absolute Gasteiger partial charge is 0.0797 e. The Labute approximate surface area is 116 Å². The molecule has 1 N–H and O–H groups in total. The first kappa shape index (κ1) is 11.6. The van der Waals surface area contributed by atoms with Crippen molar-refractivity contribution in [1.29, 1.82) is 0 Å². The molecule has 1 saturated heterocycles. The van der Waals surface area contributed by atoms with Gasteiger partial charge in [-0.1, -0.05) is 18.2 Å². The minimum absolute atomic E-state index is 0.117. The number of nitrogens with zero attached hydrogens (tertiary/aromatic N) is 2. The molecule has 98 valence electrons. The topological polar surface area (TPSA) is 36.4 Å². The highest BCUT2D eigenvalue weighted by Crippen LogP contribution is 2.42. The van der Waals surface area contributed by atoms with Gasteiger partial charge in [0.15, 0.2) is 0 Å². The molecule has 1 fully saturated rings. The highest BCUT2D eigenvalue weighted by Gasteiger charge is 2.36. The van der Waals surface area contributed by atoms with Crippen molar-refractivity contribution in [2.75, 3.05) is 13.1 Å². The predicted molar refractivity (Wildman–Crippen MR) is 76.2 cm³/mol. The lowest BCUT2D eigenvalue weighted by Gasteiger charge is -2.40. The highest BCUT2D eigenvalue weighted by molar-refractivity contribution is 7.13. The molecular weight excluding hydrogens is 256 g/mol. The highest BCUT2D eigenvalue weighted by atomic mass is 32.1. The van der Waals surface area contributed by atoms with E-state index in [4.69, 9.17) is 0 Å². The van der Waals surface area contributed by atoms with Crippen LogP contribution in [0.25, 0.3) is 10.4 Å². The molecule has 2 aromatic rings. The van der Waals surface area contributed by atoms with Crippen LogP contribution in [-0.2, 0) is 6.42 Å². The summed E-state index contributed by atoms with van der Waals surface area (Å²) in [5.74, 6) is 0. The van der Waals surface area contributed by atoms with E-state index in [0.717, 1.165) is 19.5 Å². The van der Waals surface area contributed by atoms with Gasteiger partial charge >= 0.3 is 0 Å². The molecule has 19 heavy (non-hydrogen) atoms. The van der Waals surface area contributed by atoms with Crippen LogP contribution in [0.1, 0.15) is 23.6 Å². The Morgan fingerprint density at radius 1 is 1.32 bits per heavy atom. The summed E-state index contributed by atoms with van der Waals surface area (Å²) in [4.78, 5) is 7.85. The molecule has 2 aliphatic rings. The number of aromatic nitrogens is 1. The van der Waals surface area contributed by atoms with Gasteiger partial charge in [-0.05, 0) is 29.5 Å². The largest absolute Gasteiger partial charge is 0.390 e. The van der Waals surface area contributed by atoms with E-state index >= 15 is 0 Å². The maximum atomic E-state index is 9.48. The second kappa shape index (κ2) is 4.40. The predicted octanol–water partition coefficient (Wildman–Crippen LogP) is 2.47. The van der Waals surface area contributed by atoms with Gasteiger partial charge in [-0.15, -0.1) is 11.3 Å². The van der Waals surface area contributed by atoms with Crippen molar-refractivity contribution in [1.82, 2.24) is 9.88 Å². The van der Waals surface area contributed by atoms with Gasteiger partial charge < -0.3 is 5.11 Å².